The molecule has 2 aromatic carbocycles. The van der Waals surface area contributed by atoms with Gasteiger partial charge in [0, 0.05) is 19.1 Å². The molecule has 3 heteroatoms. The fourth-order valence-corrected chi connectivity index (χ4v) is 4.11. The number of hydrogen-bond acceptors (Lipinski definition) is 2. The van der Waals surface area contributed by atoms with Gasteiger partial charge < -0.3 is 5.11 Å². The van der Waals surface area contributed by atoms with Crippen molar-refractivity contribution < 1.29 is 22.2 Å². The van der Waals surface area contributed by atoms with E-state index in [1.165, 1.54) is 5.92 Å². The summed E-state index contributed by atoms with van der Waals surface area (Å²) in [5.74, 6) is 1.31. The van der Waals surface area contributed by atoms with Gasteiger partial charge in [0.2, 0.25) is 0 Å². The summed E-state index contributed by atoms with van der Waals surface area (Å²) in [6, 6.07) is 20.2. The van der Waals surface area contributed by atoms with Crippen LogP contribution in [0.2, 0.25) is 0 Å². The van der Waals surface area contributed by atoms with E-state index in [0.717, 1.165) is 30.6 Å². The molecule has 1 saturated heterocycles. The fraction of sp³-hybridized carbons (Fsp3) is 0.185. The van der Waals surface area contributed by atoms with Crippen molar-refractivity contribution in [2.24, 2.45) is 0 Å². The number of likely N-dealkylation sites (tertiary alicyclic amines) is 1. The van der Waals surface area contributed by atoms with E-state index in [1.54, 1.807) is 0 Å². The largest absolute Gasteiger partial charge is 2.00 e. The molecular formula is C27H27FeNO+2. The summed E-state index contributed by atoms with van der Waals surface area (Å²) in [5.41, 5.74) is 0.953. The standard InChI is InChI=1S/C22H22NO.C5H5.Fe/c24-22(19-11-3-1-4-12-19,20-13-5-2-6-14-20)21-15-16-23(21)17-18-9-7-8-10-18;1-2-4-5-3-1;/h1-14,21,24H,15-17H2;1-5H;/q;;+2/t21-;;/m0../s1. The molecule has 5 rings (SSSR count). The number of rotatable bonds is 5. The molecule has 0 aromatic heterocycles. The van der Waals surface area contributed by atoms with Crippen LogP contribution in [0, 0.1) is 63.7 Å². The summed E-state index contributed by atoms with van der Waals surface area (Å²) in [6.45, 7) is 1.91. The topological polar surface area (TPSA) is 23.5 Å². The minimum atomic E-state index is -0.979. The number of hydrogen-bond donors (Lipinski definition) is 1. The van der Waals surface area contributed by atoms with Crippen LogP contribution < -0.4 is 0 Å². The van der Waals surface area contributed by atoms with Crippen molar-refractivity contribution >= 4 is 0 Å². The van der Waals surface area contributed by atoms with Gasteiger partial charge in [0.15, 0.2) is 0 Å². The van der Waals surface area contributed by atoms with Gasteiger partial charge in [-0.25, -0.2) is 0 Å². The SMILES string of the molecule is OC(c1ccccc1)(c1ccccc1)[C@@H]1CCN1C[C]1[CH][CH][CH][CH]1.[CH]1[CH][CH][CH][CH]1.[Fe+2]. The molecule has 0 spiro atoms. The Bertz CT molecular complexity index is 678. The minimum Gasteiger partial charge on any atom is -0.379 e. The van der Waals surface area contributed by atoms with Gasteiger partial charge >= 0.3 is 17.1 Å². The average Bonchev–Trinajstić information content (AvgIpc) is 3.49. The summed E-state index contributed by atoms with van der Waals surface area (Å²) < 4.78 is 0. The van der Waals surface area contributed by atoms with Crippen LogP contribution in [0.25, 0.3) is 0 Å². The van der Waals surface area contributed by atoms with Crippen LogP contribution in [0.3, 0.4) is 0 Å². The van der Waals surface area contributed by atoms with Crippen molar-refractivity contribution in [3.8, 4) is 0 Å². The van der Waals surface area contributed by atoms with Gasteiger partial charge in [0.25, 0.3) is 0 Å². The first-order valence-corrected chi connectivity index (χ1v) is 10.2. The number of benzene rings is 2. The van der Waals surface area contributed by atoms with Crippen molar-refractivity contribution in [1.82, 2.24) is 4.90 Å². The van der Waals surface area contributed by atoms with Gasteiger partial charge in [-0.2, -0.15) is 0 Å². The molecule has 30 heavy (non-hydrogen) atoms. The van der Waals surface area contributed by atoms with E-state index in [1.807, 2.05) is 92.8 Å². The zero-order valence-corrected chi connectivity index (χ0v) is 18.0. The normalized spacial score (nSPS) is 22.0. The van der Waals surface area contributed by atoms with Crippen LogP contribution in [0.4, 0.5) is 0 Å². The Balaban J connectivity index is 0.000000376. The van der Waals surface area contributed by atoms with E-state index in [-0.39, 0.29) is 23.1 Å². The summed E-state index contributed by atoms with van der Waals surface area (Å²) >= 11 is 0. The van der Waals surface area contributed by atoms with Crippen molar-refractivity contribution in [1.29, 1.82) is 0 Å². The van der Waals surface area contributed by atoms with Gasteiger partial charge in [-0.1, -0.05) is 60.7 Å². The molecule has 0 unspecified atom stereocenters. The third-order valence-corrected chi connectivity index (χ3v) is 5.71. The summed E-state index contributed by atoms with van der Waals surface area (Å²) in [6.07, 6.45) is 19.5. The quantitative estimate of drug-likeness (QED) is 0.701. The third kappa shape index (κ3) is 5.37. The molecule has 3 fully saturated rings. The van der Waals surface area contributed by atoms with E-state index >= 15 is 0 Å². The second-order valence-electron chi connectivity index (χ2n) is 7.53. The molecule has 1 N–H and O–H groups in total. The molecule has 152 valence electrons. The first-order chi connectivity index (χ1) is 14.3. The molecular weight excluding hydrogens is 410 g/mol. The zero-order chi connectivity index (χ0) is 19.9. The number of nitrogens with zero attached hydrogens (tertiary/aromatic N) is 1. The van der Waals surface area contributed by atoms with Crippen LogP contribution in [-0.2, 0) is 22.7 Å². The predicted octanol–water partition coefficient (Wildman–Crippen LogP) is 4.42. The molecule has 10 radical (unpaired) electrons. The molecule has 1 aliphatic heterocycles. The molecule has 0 bridgehead atoms. The van der Waals surface area contributed by atoms with Crippen molar-refractivity contribution in [2.75, 3.05) is 13.1 Å². The fourth-order valence-electron chi connectivity index (χ4n) is 4.11. The maximum atomic E-state index is 11.8. The molecule has 2 nitrogen and oxygen atoms in total. The Morgan fingerprint density at radius 3 is 1.60 bits per heavy atom. The average molecular weight is 437 g/mol. The summed E-state index contributed by atoms with van der Waals surface area (Å²) in [7, 11) is 0. The molecule has 2 saturated carbocycles. The molecule has 0 amide bonds. The van der Waals surface area contributed by atoms with E-state index in [4.69, 9.17) is 0 Å². The Labute approximate surface area is 193 Å². The smallest absolute Gasteiger partial charge is 0.379 e. The molecule has 2 aromatic rings. The maximum absolute atomic E-state index is 11.8. The first kappa shape index (κ1) is 23.5. The van der Waals surface area contributed by atoms with Crippen LogP contribution in [0.1, 0.15) is 17.5 Å². The van der Waals surface area contributed by atoms with E-state index in [2.05, 4.69) is 30.6 Å². The van der Waals surface area contributed by atoms with Gasteiger partial charge in [-0.05, 0) is 81.3 Å². The zero-order valence-electron chi connectivity index (χ0n) is 16.9. The minimum absolute atomic E-state index is 0. The molecule has 2 aliphatic carbocycles. The third-order valence-electron chi connectivity index (χ3n) is 5.71. The van der Waals surface area contributed by atoms with Crippen molar-refractivity contribution in [2.45, 2.75) is 18.1 Å². The maximum Gasteiger partial charge on any atom is 2.00 e. The van der Waals surface area contributed by atoms with Gasteiger partial charge in [-0.3, -0.25) is 4.90 Å². The summed E-state index contributed by atoms with van der Waals surface area (Å²) in [5, 5.41) is 11.8. The van der Waals surface area contributed by atoms with Gasteiger partial charge in [0.1, 0.15) is 5.60 Å². The molecule has 3 aliphatic rings. The van der Waals surface area contributed by atoms with Crippen molar-refractivity contribution in [3.63, 3.8) is 0 Å². The monoisotopic (exact) mass is 437 g/mol. The van der Waals surface area contributed by atoms with E-state index < -0.39 is 5.60 Å². The van der Waals surface area contributed by atoms with Crippen LogP contribution in [0.5, 0.6) is 0 Å². The second kappa shape index (κ2) is 11.5. The Morgan fingerprint density at radius 2 is 1.20 bits per heavy atom. The molecule has 1 heterocycles. The van der Waals surface area contributed by atoms with E-state index in [9.17, 15) is 5.11 Å². The number of aliphatic hydroxyl groups is 1. The Morgan fingerprint density at radius 1 is 0.733 bits per heavy atom. The van der Waals surface area contributed by atoms with Crippen molar-refractivity contribution in [3.05, 3.63) is 135 Å². The van der Waals surface area contributed by atoms with E-state index in [0.29, 0.717) is 0 Å². The van der Waals surface area contributed by atoms with Gasteiger partial charge in [0.05, 0.1) is 0 Å². The van der Waals surface area contributed by atoms with Crippen LogP contribution >= 0.6 is 0 Å². The summed E-state index contributed by atoms with van der Waals surface area (Å²) in [4.78, 5) is 2.38. The second-order valence-corrected chi connectivity index (χ2v) is 7.53. The molecule has 1 atom stereocenters. The predicted molar refractivity (Wildman–Crippen MR) is 118 cm³/mol. The first-order valence-electron chi connectivity index (χ1n) is 10.2. The Kier molecular flexibility index (Phi) is 9.01. The Hall–Kier alpha value is -1.12. The van der Waals surface area contributed by atoms with Crippen LogP contribution in [-0.4, -0.2) is 29.1 Å². The van der Waals surface area contributed by atoms with Crippen LogP contribution in [0.15, 0.2) is 60.7 Å². The van der Waals surface area contributed by atoms with Gasteiger partial charge in [-0.15, -0.1) is 0 Å².